The largest absolute Gasteiger partial charge is 0.480 e. The molecule has 1 aromatic heterocycles. The first kappa shape index (κ1) is 15.4. The van der Waals surface area contributed by atoms with Gasteiger partial charge in [0.2, 0.25) is 0 Å². The van der Waals surface area contributed by atoms with Crippen molar-refractivity contribution in [3.63, 3.8) is 0 Å². The predicted molar refractivity (Wildman–Crippen MR) is 73.4 cm³/mol. The number of carbonyl (C=O) groups excluding carboxylic acids is 1. The Hall–Kier alpha value is -1.63. The Morgan fingerprint density at radius 2 is 2.11 bits per heavy atom. The number of carboxylic acid groups (broad SMARTS) is 1. The minimum atomic E-state index is -1.03. The van der Waals surface area contributed by atoms with Gasteiger partial charge in [-0.3, -0.25) is 4.79 Å². The molecule has 1 rings (SSSR count). The van der Waals surface area contributed by atoms with Gasteiger partial charge in [-0.25, -0.2) is 4.79 Å². The quantitative estimate of drug-likeness (QED) is 0.810. The van der Waals surface area contributed by atoms with Crippen molar-refractivity contribution in [2.24, 2.45) is 0 Å². The second-order valence-electron chi connectivity index (χ2n) is 4.13. The smallest absolute Gasteiger partial charge is 0.326 e. The highest BCUT2D eigenvalue weighted by molar-refractivity contribution is 7.98. The van der Waals surface area contributed by atoms with Crippen molar-refractivity contribution >= 4 is 23.6 Å². The average Bonchev–Trinajstić information content (AvgIpc) is 2.36. The molecule has 1 aromatic rings. The van der Waals surface area contributed by atoms with Crippen LogP contribution >= 0.6 is 11.8 Å². The van der Waals surface area contributed by atoms with Crippen molar-refractivity contribution in [1.82, 2.24) is 15.5 Å². The van der Waals surface area contributed by atoms with Crippen molar-refractivity contribution in [3.8, 4) is 0 Å². The molecule has 19 heavy (non-hydrogen) atoms. The number of carbonyl (C=O) groups is 2. The third-order valence-electron chi connectivity index (χ3n) is 2.56. The molecule has 0 radical (unpaired) electrons. The monoisotopic (exact) mass is 283 g/mol. The zero-order valence-electron chi connectivity index (χ0n) is 11.1. The van der Waals surface area contributed by atoms with Crippen LogP contribution in [0.5, 0.6) is 0 Å². The van der Waals surface area contributed by atoms with Crippen molar-refractivity contribution in [1.29, 1.82) is 0 Å². The number of hydrogen-bond donors (Lipinski definition) is 2. The van der Waals surface area contributed by atoms with E-state index in [1.807, 2.05) is 6.26 Å². The summed E-state index contributed by atoms with van der Waals surface area (Å²) in [5, 5.41) is 19.3. The Bertz CT molecular complexity index is 479. The number of aliphatic carboxylic acids is 1. The van der Waals surface area contributed by atoms with Gasteiger partial charge in [-0.15, -0.1) is 0 Å². The maximum atomic E-state index is 12.0. The highest BCUT2D eigenvalue weighted by Gasteiger charge is 2.21. The van der Waals surface area contributed by atoms with Gasteiger partial charge in [0.15, 0.2) is 0 Å². The first-order chi connectivity index (χ1) is 8.95. The number of hydrogen-bond acceptors (Lipinski definition) is 5. The van der Waals surface area contributed by atoms with Gasteiger partial charge in [0.05, 0.1) is 17.0 Å². The molecule has 1 heterocycles. The molecule has 0 aliphatic carbocycles. The van der Waals surface area contributed by atoms with Gasteiger partial charge in [0, 0.05) is 0 Å². The third kappa shape index (κ3) is 4.51. The molecule has 0 aromatic carbocycles. The lowest BCUT2D eigenvalue weighted by molar-refractivity contribution is -0.139. The number of amides is 1. The van der Waals surface area contributed by atoms with Crippen LogP contribution < -0.4 is 5.32 Å². The Labute approximate surface area is 116 Å². The summed E-state index contributed by atoms with van der Waals surface area (Å²) in [6, 6.07) is 0.721. The lowest BCUT2D eigenvalue weighted by atomic mass is 10.1. The van der Waals surface area contributed by atoms with E-state index in [2.05, 4.69) is 15.5 Å². The van der Waals surface area contributed by atoms with Crippen LogP contribution in [0.25, 0.3) is 0 Å². The molecule has 0 saturated carbocycles. The fraction of sp³-hybridized carbons (Fsp3) is 0.500. The topological polar surface area (TPSA) is 92.2 Å². The summed E-state index contributed by atoms with van der Waals surface area (Å²) in [6.07, 6.45) is 2.28. The molecular weight excluding hydrogens is 266 g/mol. The molecule has 104 valence electrons. The van der Waals surface area contributed by atoms with E-state index in [9.17, 15) is 9.59 Å². The van der Waals surface area contributed by atoms with Gasteiger partial charge in [-0.1, -0.05) is 0 Å². The minimum Gasteiger partial charge on any atom is -0.480 e. The van der Waals surface area contributed by atoms with E-state index < -0.39 is 17.9 Å². The highest BCUT2D eigenvalue weighted by Crippen LogP contribution is 2.07. The van der Waals surface area contributed by atoms with Crippen molar-refractivity contribution in [2.75, 3.05) is 12.0 Å². The van der Waals surface area contributed by atoms with Gasteiger partial charge in [0.1, 0.15) is 6.04 Å². The summed E-state index contributed by atoms with van der Waals surface area (Å²) in [5.74, 6) is -0.785. The maximum absolute atomic E-state index is 12.0. The van der Waals surface area contributed by atoms with E-state index in [-0.39, 0.29) is 0 Å². The highest BCUT2D eigenvalue weighted by atomic mass is 32.2. The number of aromatic nitrogens is 2. The molecule has 0 aliphatic heterocycles. The second kappa shape index (κ2) is 7.08. The number of carboxylic acids is 1. The fourth-order valence-electron chi connectivity index (χ4n) is 1.51. The number of nitrogens with one attached hydrogen (secondary N) is 1. The van der Waals surface area contributed by atoms with Crippen LogP contribution in [0.2, 0.25) is 0 Å². The zero-order chi connectivity index (χ0) is 14.4. The summed E-state index contributed by atoms with van der Waals surface area (Å²) < 4.78 is 0. The molecule has 0 bridgehead atoms. The van der Waals surface area contributed by atoms with Crippen molar-refractivity contribution < 1.29 is 14.7 Å². The summed E-state index contributed by atoms with van der Waals surface area (Å²) in [7, 11) is 0. The van der Waals surface area contributed by atoms with Crippen molar-refractivity contribution in [2.45, 2.75) is 26.3 Å². The van der Waals surface area contributed by atoms with Crippen molar-refractivity contribution in [3.05, 3.63) is 23.0 Å². The van der Waals surface area contributed by atoms with Crippen LogP contribution in [-0.4, -0.2) is 45.2 Å². The molecule has 0 aliphatic rings. The molecule has 0 unspecified atom stereocenters. The van der Waals surface area contributed by atoms with E-state index >= 15 is 0 Å². The predicted octanol–water partition coefficient (Wildman–Crippen LogP) is 1.03. The molecule has 6 nitrogen and oxygen atoms in total. The van der Waals surface area contributed by atoms with E-state index in [4.69, 9.17) is 5.11 Å². The van der Waals surface area contributed by atoms with Crippen LogP contribution in [0.1, 0.15) is 28.2 Å². The number of aryl methyl sites for hydroxylation is 2. The molecule has 2 N–H and O–H groups in total. The van der Waals surface area contributed by atoms with Crippen LogP contribution in [0, 0.1) is 13.8 Å². The zero-order valence-corrected chi connectivity index (χ0v) is 12.0. The van der Waals surface area contributed by atoms with Crippen LogP contribution in [-0.2, 0) is 4.79 Å². The summed E-state index contributed by atoms with van der Waals surface area (Å²) in [6.45, 7) is 3.39. The van der Waals surface area contributed by atoms with Gasteiger partial charge in [-0.2, -0.15) is 22.0 Å². The Balaban J connectivity index is 2.81. The Morgan fingerprint density at radius 1 is 1.42 bits per heavy atom. The van der Waals surface area contributed by atoms with E-state index in [0.29, 0.717) is 29.1 Å². The molecule has 7 heteroatoms. The van der Waals surface area contributed by atoms with Gasteiger partial charge >= 0.3 is 5.97 Å². The van der Waals surface area contributed by atoms with Crippen LogP contribution in [0.4, 0.5) is 0 Å². The average molecular weight is 283 g/mol. The molecule has 0 spiro atoms. The normalized spacial score (nSPS) is 11.9. The summed E-state index contributed by atoms with van der Waals surface area (Å²) in [4.78, 5) is 23.1. The van der Waals surface area contributed by atoms with Gasteiger partial charge in [0.25, 0.3) is 5.91 Å². The summed E-state index contributed by atoms with van der Waals surface area (Å²) in [5.41, 5.74) is 1.46. The van der Waals surface area contributed by atoms with Crippen LogP contribution in [0.3, 0.4) is 0 Å². The fourth-order valence-corrected chi connectivity index (χ4v) is 1.98. The first-order valence-electron chi connectivity index (χ1n) is 5.79. The standard InChI is InChI=1S/C12H17N3O3S/c1-7-6-9(8(2)15-14-7)11(16)13-10(12(17)18)4-5-19-3/h6,10H,4-5H2,1-3H3,(H,13,16)(H,17,18)/t10-/m1/s1. The minimum absolute atomic E-state index is 0.364. The molecule has 0 fully saturated rings. The number of nitrogens with zero attached hydrogens (tertiary/aromatic N) is 2. The van der Waals surface area contributed by atoms with Gasteiger partial charge in [-0.05, 0) is 38.3 Å². The third-order valence-corrected chi connectivity index (χ3v) is 3.20. The molecule has 1 atom stereocenters. The molecular formula is C12H17N3O3S. The van der Waals surface area contributed by atoms with Crippen LogP contribution in [0.15, 0.2) is 6.07 Å². The van der Waals surface area contributed by atoms with E-state index in [1.54, 1.807) is 19.9 Å². The number of thioether (sulfide) groups is 1. The first-order valence-corrected chi connectivity index (χ1v) is 7.18. The van der Waals surface area contributed by atoms with Gasteiger partial charge < -0.3 is 10.4 Å². The molecule has 1 amide bonds. The van der Waals surface area contributed by atoms with E-state index in [0.717, 1.165) is 0 Å². The second-order valence-corrected chi connectivity index (χ2v) is 5.12. The SMILES string of the molecule is CSCC[C@@H](NC(=O)c1cc(C)nnc1C)C(=O)O. The Morgan fingerprint density at radius 3 is 2.68 bits per heavy atom. The summed E-state index contributed by atoms with van der Waals surface area (Å²) >= 11 is 1.54. The lowest BCUT2D eigenvalue weighted by Gasteiger charge is -2.14. The van der Waals surface area contributed by atoms with E-state index in [1.165, 1.54) is 11.8 Å². The lowest BCUT2D eigenvalue weighted by Crippen LogP contribution is -2.41. The number of rotatable bonds is 6. The molecule has 0 saturated heterocycles. The Kier molecular flexibility index (Phi) is 5.75. The maximum Gasteiger partial charge on any atom is 0.326 e.